The van der Waals surface area contributed by atoms with Crippen molar-refractivity contribution < 1.29 is 4.74 Å². The molecule has 2 aromatic rings. The molecule has 2 heterocycles. The van der Waals surface area contributed by atoms with E-state index in [4.69, 9.17) is 4.74 Å². The SMILES string of the molecule is CC.CC.CC.Cc1ccc2c(c1)OCc1nc(C)cnc1-2. The Kier molecular flexibility index (Phi) is 9.84. The summed E-state index contributed by atoms with van der Waals surface area (Å²) in [6.07, 6.45) is 1.80. The lowest BCUT2D eigenvalue weighted by molar-refractivity contribution is 0.295. The molecule has 0 atom stereocenters. The van der Waals surface area contributed by atoms with E-state index in [0.29, 0.717) is 6.61 Å². The molecule has 3 nitrogen and oxygen atoms in total. The zero-order valence-corrected chi connectivity index (χ0v) is 15.3. The van der Waals surface area contributed by atoms with Crippen LogP contribution in [0.4, 0.5) is 0 Å². The minimum atomic E-state index is 0.514. The summed E-state index contributed by atoms with van der Waals surface area (Å²) in [6, 6.07) is 6.16. The number of benzene rings is 1. The van der Waals surface area contributed by atoms with E-state index in [1.165, 1.54) is 5.56 Å². The van der Waals surface area contributed by atoms with Crippen LogP contribution in [0.3, 0.4) is 0 Å². The Hall–Kier alpha value is -1.90. The molecule has 0 saturated heterocycles. The lowest BCUT2D eigenvalue weighted by Gasteiger charge is -2.19. The number of hydrogen-bond donors (Lipinski definition) is 0. The van der Waals surface area contributed by atoms with Crippen molar-refractivity contribution in [2.24, 2.45) is 0 Å². The number of nitrogens with zero attached hydrogens (tertiary/aromatic N) is 2. The topological polar surface area (TPSA) is 35.0 Å². The summed E-state index contributed by atoms with van der Waals surface area (Å²) >= 11 is 0. The standard InChI is InChI=1S/C13H12N2O.3C2H6/c1-8-3-4-10-12(5-8)16-7-11-13(10)14-6-9(2)15-11;3*1-2/h3-6H,7H2,1-2H3;3*1-2H3. The second-order valence-corrected chi connectivity index (χ2v) is 4.09. The fourth-order valence-electron chi connectivity index (χ4n) is 1.94. The average molecular weight is 302 g/mol. The van der Waals surface area contributed by atoms with Gasteiger partial charge in [0.05, 0.1) is 11.4 Å². The largest absolute Gasteiger partial charge is 0.486 e. The lowest BCUT2D eigenvalue weighted by Crippen LogP contribution is -2.10. The van der Waals surface area contributed by atoms with Gasteiger partial charge in [0.2, 0.25) is 0 Å². The summed E-state index contributed by atoms with van der Waals surface area (Å²) in [5.41, 5.74) is 5.04. The molecule has 0 amide bonds. The van der Waals surface area contributed by atoms with Gasteiger partial charge >= 0.3 is 0 Å². The Bertz CT molecular complexity index is 514. The molecule has 1 aliphatic rings. The number of aromatic nitrogens is 2. The van der Waals surface area contributed by atoms with E-state index in [9.17, 15) is 0 Å². The Labute approximate surface area is 135 Å². The maximum atomic E-state index is 5.68. The third kappa shape index (κ3) is 4.83. The van der Waals surface area contributed by atoms with E-state index >= 15 is 0 Å². The fourth-order valence-corrected chi connectivity index (χ4v) is 1.94. The monoisotopic (exact) mass is 302 g/mol. The highest BCUT2D eigenvalue weighted by molar-refractivity contribution is 5.71. The number of rotatable bonds is 0. The van der Waals surface area contributed by atoms with Crippen molar-refractivity contribution in [1.82, 2.24) is 9.97 Å². The summed E-state index contributed by atoms with van der Waals surface area (Å²) < 4.78 is 5.68. The van der Waals surface area contributed by atoms with Crippen LogP contribution < -0.4 is 4.74 Å². The fraction of sp³-hybridized carbons (Fsp3) is 0.474. The summed E-state index contributed by atoms with van der Waals surface area (Å²) in [5, 5.41) is 0. The van der Waals surface area contributed by atoms with Crippen molar-refractivity contribution >= 4 is 0 Å². The Morgan fingerprint density at radius 3 is 2.23 bits per heavy atom. The van der Waals surface area contributed by atoms with Gasteiger partial charge in [-0.3, -0.25) is 9.97 Å². The summed E-state index contributed by atoms with van der Waals surface area (Å²) in [4.78, 5) is 8.89. The molecule has 122 valence electrons. The van der Waals surface area contributed by atoms with Gasteiger partial charge in [0.15, 0.2) is 0 Å². The van der Waals surface area contributed by atoms with Gasteiger partial charge < -0.3 is 4.74 Å². The summed E-state index contributed by atoms with van der Waals surface area (Å²) in [6.45, 7) is 16.5. The van der Waals surface area contributed by atoms with Crippen molar-refractivity contribution in [3.63, 3.8) is 0 Å². The highest BCUT2D eigenvalue weighted by Gasteiger charge is 2.19. The van der Waals surface area contributed by atoms with E-state index in [1.807, 2.05) is 60.6 Å². The molecule has 0 fully saturated rings. The first-order chi connectivity index (χ1) is 10.7. The van der Waals surface area contributed by atoms with Crippen molar-refractivity contribution in [2.75, 3.05) is 0 Å². The lowest BCUT2D eigenvalue weighted by atomic mass is 10.0. The molecule has 22 heavy (non-hydrogen) atoms. The minimum Gasteiger partial charge on any atom is -0.486 e. The van der Waals surface area contributed by atoms with Gasteiger partial charge in [0.1, 0.15) is 18.1 Å². The maximum Gasteiger partial charge on any atom is 0.132 e. The van der Waals surface area contributed by atoms with Gasteiger partial charge in [-0.05, 0) is 31.5 Å². The van der Waals surface area contributed by atoms with Crippen LogP contribution in [0.5, 0.6) is 5.75 Å². The minimum absolute atomic E-state index is 0.514. The van der Waals surface area contributed by atoms with Crippen molar-refractivity contribution in [2.45, 2.75) is 62.0 Å². The summed E-state index contributed by atoms with van der Waals surface area (Å²) in [7, 11) is 0. The molecule has 1 aromatic heterocycles. The molecule has 0 bridgehead atoms. The second kappa shape index (κ2) is 10.8. The van der Waals surface area contributed by atoms with Crippen LogP contribution in [0.2, 0.25) is 0 Å². The summed E-state index contributed by atoms with van der Waals surface area (Å²) in [5.74, 6) is 0.908. The van der Waals surface area contributed by atoms with Gasteiger partial charge in [-0.25, -0.2) is 0 Å². The van der Waals surface area contributed by atoms with Crippen molar-refractivity contribution in [1.29, 1.82) is 0 Å². The molecule has 0 unspecified atom stereocenters. The van der Waals surface area contributed by atoms with E-state index in [-0.39, 0.29) is 0 Å². The third-order valence-corrected chi connectivity index (χ3v) is 2.72. The van der Waals surface area contributed by atoms with Crippen molar-refractivity contribution in [3.05, 3.63) is 41.3 Å². The molecule has 3 rings (SSSR count). The molecule has 0 saturated carbocycles. The maximum absolute atomic E-state index is 5.68. The zero-order valence-electron chi connectivity index (χ0n) is 15.3. The highest BCUT2D eigenvalue weighted by atomic mass is 16.5. The van der Waals surface area contributed by atoms with Gasteiger partial charge in [-0.1, -0.05) is 47.6 Å². The Morgan fingerprint density at radius 2 is 1.59 bits per heavy atom. The number of fused-ring (bicyclic) bond motifs is 3. The predicted octanol–water partition coefficient (Wildman–Crippen LogP) is 5.73. The molecule has 0 aliphatic carbocycles. The second-order valence-electron chi connectivity index (χ2n) is 4.09. The van der Waals surface area contributed by atoms with Crippen LogP contribution in [0, 0.1) is 13.8 Å². The molecule has 0 radical (unpaired) electrons. The van der Waals surface area contributed by atoms with E-state index in [2.05, 4.69) is 23.0 Å². The van der Waals surface area contributed by atoms with Crippen LogP contribution in [0.15, 0.2) is 24.4 Å². The molecule has 0 spiro atoms. The molecule has 3 heteroatoms. The van der Waals surface area contributed by atoms with Crippen LogP contribution in [0.1, 0.15) is 58.5 Å². The molecular weight excluding hydrogens is 272 g/mol. The molecule has 1 aliphatic heterocycles. The highest BCUT2D eigenvalue weighted by Crippen LogP contribution is 2.35. The van der Waals surface area contributed by atoms with Crippen LogP contribution >= 0.6 is 0 Å². The Morgan fingerprint density at radius 1 is 0.955 bits per heavy atom. The van der Waals surface area contributed by atoms with E-state index in [1.54, 1.807) is 6.20 Å². The first kappa shape index (κ1) is 20.1. The van der Waals surface area contributed by atoms with Gasteiger partial charge in [-0.2, -0.15) is 0 Å². The van der Waals surface area contributed by atoms with E-state index in [0.717, 1.165) is 28.4 Å². The molecular formula is C19H30N2O. The van der Waals surface area contributed by atoms with Crippen LogP contribution in [-0.2, 0) is 6.61 Å². The quantitative estimate of drug-likeness (QED) is 0.623. The first-order valence-electron chi connectivity index (χ1n) is 8.30. The molecule has 0 N–H and O–H groups in total. The number of aryl methyl sites for hydroxylation is 2. The molecule has 1 aromatic carbocycles. The smallest absolute Gasteiger partial charge is 0.132 e. The average Bonchev–Trinajstić information content (AvgIpc) is 2.59. The van der Waals surface area contributed by atoms with Gasteiger partial charge in [0.25, 0.3) is 0 Å². The van der Waals surface area contributed by atoms with Crippen molar-refractivity contribution in [3.8, 4) is 17.0 Å². The third-order valence-electron chi connectivity index (χ3n) is 2.72. The number of ether oxygens (including phenoxy) is 1. The van der Waals surface area contributed by atoms with Crippen LogP contribution in [0.25, 0.3) is 11.3 Å². The zero-order chi connectivity index (χ0) is 17.1. The normalized spacial score (nSPS) is 10.0. The van der Waals surface area contributed by atoms with Crippen LogP contribution in [-0.4, -0.2) is 9.97 Å². The predicted molar refractivity (Wildman–Crippen MR) is 95.3 cm³/mol. The van der Waals surface area contributed by atoms with Gasteiger partial charge in [-0.15, -0.1) is 0 Å². The Balaban J connectivity index is 0.000000661. The van der Waals surface area contributed by atoms with E-state index < -0.39 is 0 Å². The first-order valence-corrected chi connectivity index (χ1v) is 8.30. The number of hydrogen-bond acceptors (Lipinski definition) is 3. The van der Waals surface area contributed by atoms with Gasteiger partial charge in [0, 0.05) is 11.8 Å².